The summed E-state index contributed by atoms with van der Waals surface area (Å²) in [5, 5.41) is 1.00. The van der Waals surface area contributed by atoms with Crippen LogP contribution in [0.25, 0.3) is 34.3 Å². The molecule has 0 amide bonds. The Morgan fingerprint density at radius 2 is 1.69 bits per heavy atom. The molecule has 4 aromatic rings. The molecular formula is C21H14ClF3N4. The smallest absolute Gasteiger partial charge is 0.384 e. The molecule has 0 radical (unpaired) electrons. The average Bonchev–Trinajstić information content (AvgIpc) is 3.08. The number of fused-ring (bicyclic) bond motifs is 1. The third-order valence-electron chi connectivity index (χ3n) is 4.44. The number of benzene rings is 1. The van der Waals surface area contributed by atoms with Crippen molar-refractivity contribution < 1.29 is 13.2 Å². The molecule has 3 heterocycles. The number of hydrogen-bond acceptors (Lipinski definition) is 3. The maximum atomic E-state index is 13.3. The van der Waals surface area contributed by atoms with Crippen LogP contribution < -0.4 is 5.73 Å². The molecule has 29 heavy (non-hydrogen) atoms. The molecular weight excluding hydrogens is 401 g/mol. The topological polar surface area (TPSA) is 67.6 Å². The van der Waals surface area contributed by atoms with Gasteiger partial charge in [-0.3, -0.25) is 0 Å². The summed E-state index contributed by atoms with van der Waals surface area (Å²) in [6.07, 6.45) is 3.56. The fraction of sp³-hybridized carbons (Fsp3) is 0.0476. The number of anilines is 1. The predicted octanol–water partition coefficient (Wildman–Crippen LogP) is 6.05. The van der Waals surface area contributed by atoms with Gasteiger partial charge in [-0.25, -0.2) is 9.97 Å². The standard InChI is InChI=1S/C21H14ClF3N4/c22-16-4-5-18(21(23,24)25)12(7-16)1-2-14-10-28-20-17(14)8-15(11-29-20)13-3-6-19(26)27-9-13/h1-11H,(H2,26,27)(H,28,29). The van der Waals surface area contributed by atoms with Gasteiger partial charge in [-0.15, -0.1) is 0 Å². The van der Waals surface area contributed by atoms with E-state index in [0.717, 1.165) is 22.6 Å². The van der Waals surface area contributed by atoms with Crippen LogP contribution in [0, 0.1) is 0 Å². The first-order valence-corrected chi connectivity index (χ1v) is 8.93. The van der Waals surface area contributed by atoms with Crippen molar-refractivity contribution in [1.29, 1.82) is 0 Å². The van der Waals surface area contributed by atoms with Crippen LogP contribution in [0.5, 0.6) is 0 Å². The van der Waals surface area contributed by atoms with Gasteiger partial charge in [0.25, 0.3) is 0 Å². The maximum Gasteiger partial charge on any atom is 0.416 e. The molecule has 0 aliphatic heterocycles. The molecule has 0 bridgehead atoms. The summed E-state index contributed by atoms with van der Waals surface area (Å²) in [6.45, 7) is 0. The highest BCUT2D eigenvalue weighted by Crippen LogP contribution is 2.34. The van der Waals surface area contributed by atoms with Gasteiger partial charge in [-0.05, 0) is 42.0 Å². The van der Waals surface area contributed by atoms with E-state index in [2.05, 4.69) is 15.0 Å². The molecule has 8 heteroatoms. The first-order chi connectivity index (χ1) is 13.8. The Bertz CT molecular complexity index is 1210. The third-order valence-corrected chi connectivity index (χ3v) is 4.68. The van der Waals surface area contributed by atoms with Gasteiger partial charge >= 0.3 is 6.18 Å². The van der Waals surface area contributed by atoms with Crippen molar-refractivity contribution in [2.75, 3.05) is 5.73 Å². The van der Waals surface area contributed by atoms with Crippen molar-refractivity contribution in [3.8, 4) is 11.1 Å². The van der Waals surface area contributed by atoms with Gasteiger partial charge in [-0.1, -0.05) is 23.8 Å². The zero-order valence-electron chi connectivity index (χ0n) is 14.8. The number of rotatable bonds is 3. The highest BCUT2D eigenvalue weighted by atomic mass is 35.5. The predicted molar refractivity (Wildman–Crippen MR) is 109 cm³/mol. The van der Waals surface area contributed by atoms with E-state index in [-0.39, 0.29) is 10.6 Å². The van der Waals surface area contributed by atoms with Gasteiger partial charge in [0.05, 0.1) is 5.56 Å². The molecule has 3 aromatic heterocycles. The Kier molecular flexibility index (Phi) is 4.76. The average molecular weight is 415 g/mol. The van der Waals surface area contributed by atoms with E-state index >= 15 is 0 Å². The van der Waals surface area contributed by atoms with Crippen molar-refractivity contribution >= 4 is 40.6 Å². The minimum atomic E-state index is -4.47. The lowest BCUT2D eigenvalue weighted by molar-refractivity contribution is -0.137. The number of hydrogen-bond donors (Lipinski definition) is 2. The molecule has 0 unspecified atom stereocenters. The summed E-state index contributed by atoms with van der Waals surface area (Å²) in [6, 6.07) is 8.91. The molecule has 0 spiro atoms. The quantitative estimate of drug-likeness (QED) is 0.429. The number of nitrogens with one attached hydrogen (secondary N) is 1. The van der Waals surface area contributed by atoms with E-state index in [4.69, 9.17) is 17.3 Å². The Morgan fingerprint density at radius 3 is 2.41 bits per heavy atom. The largest absolute Gasteiger partial charge is 0.416 e. The Labute approximate surface area is 168 Å². The number of aromatic nitrogens is 3. The zero-order chi connectivity index (χ0) is 20.6. The molecule has 0 saturated heterocycles. The van der Waals surface area contributed by atoms with Crippen LogP contribution in [0.4, 0.5) is 19.0 Å². The van der Waals surface area contributed by atoms with E-state index in [9.17, 15) is 13.2 Å². The van der Waals surface area contributed by atoms with Crippen molar-refractivity contribution in [3.05, 3.63) is 76.7 Å². The highest BCUT2D eigenvalue weighted by molar-refractivity contribution is 6.30. The van der Waals surface area contributed by atoms with Crippen LogP contribution in [0.3, 0.4) is 0 Å². The summed E-state index contributed by atoms with van der Waals surface area (Å²) >= 11 is 5.89. The van der Waals surface area contributed by atoms with Gasteiger partial charge in [0.15, 0.2) is 0 Å². The summed E-state index contributed by atoms with van der Waals surface area (Å²) in [4.78, 5) is 11.5. The highest BCUT2D eigenvalue weighted by Gasteiger charge is 2.32. The first-order valence-electron chi connectivity index (χ1n) is 8.55. The SMILES string of the molecule is Nc1ccc(-c2cnc3[nH]cc(C=Cc4cc(Cl)ccc4C(F)(F)F)c3c2)cn1. The first kappa shape index (κ1) is 19.0. The molecule has 4 rings (SSSR count). The van der Waals surface area contributed by atoms with E-state index < -0.39 is 11.7 Å². The van der Waals surface area contributed by atoms with Gasteiger partial charge in [0.2, 0.25) is 0 Å². The number of aromatic amines is 1. The van der Waals surface area contributed by atoms with Crippen molar-refractivity contribution in [1.82, 2.24) is 15.0 Å². The fourth-order valence-corrected chi connectivity index (χ4v) is 3.19. The number of H-pyrrole nitrogens is 1. The molecule has 0 aliphatic carbocycles. The van der Waals surface area contributed by atoms with Crippen LogP contribution in [0.15, 0.2) is 55.0 Å². The van der Waals surface area contributed by atoms with Crippen LogP contribution in [0.1, 0.15) is 16.7 Å². The molecule has 0 aliphatic rings. The van der Waals surface area contributed by atoms with Crippen molar-refractivity contribution in [2.45, 2.75) is 6.18 Å². The van der Waals surface area contributed by atoms with Crippen molar-refractivity contribution in [2.24, 2.45) is 0 Å². The minimum Gasteiger partial charge on any atom is -0.384 e. The van der Waals surface area contributed by atoms with Crippen LogP contribution in [-0.4, -0.2) is 15.0 Å². The van der Waals surface area contributed by atoms with Crippen LogP contribution in [0.2, 0.25) is 5.02 Å². The Balaban J connectivity index is 1.75. The lowest BCUT2D eigenvalue weighted by Crippen LogP contribution is -2.06. The molecule has 0 atom stereocenters. The van der Waals surface area contributed by atoms with Crippen LogP contribution in [-0.2, 0) is 6.18 Å². The van der Waals surface area contributed by atoms with Gasteiger partial charge in [0, 0.05) is 45.7 Å². The molecule has 146 valence electrons. The number of pyridine rings is 2. The van der Waals surface area contributed by atoms with E-state index in [1.807, 2.05) is 12.1 Å². The summed E-state index contributed by atoms with van der Waals surface area (Å²) < 4.78 is 39.8. The van der Waals surface area contributed by atoms with E-state index in [1.54, 1.807) is 30.7 Å². The number of alkyl halides is 3. The second-order valence-electron chi connectivity index (χ2n) is 6.40. The van der Waals surface area contributed by atoms with Gasteiger partial charge in [-0.2, -0.15) is 13.2 Å². The summed E-state index contributed by atoms with van der Waals surface area (Å²) in [7, 11) is 0. The van der Waals surface area contributed by atoms with Crippen LogP contribution >= 0.6 is 11.6 Å². The van der Waals surface area contributed by atoms with Crippen molar-refractivity contribution in [3.63, 3.8) is 0 Å². The van der Waals surface area contributed by atoms with E-state index in [0.29, 0.717) is 17.0 Å². The Hall–Kier alpha value is -3.32. The zero-order valence-corrected chi connectivity index (χ0v) is 15.6. The molecule has 0 fully saturated rings. The number of nitrogens with zero attached hydrogens (tertiary/aromatic N) is 2. The molecule has 0 saturated carbocycles. The normalized spacial score (nSPS) is 12.1. The lowest BCUT2D eigenvalue weighted by Gasteiger charge is -2.10. The molecule has 4 nitrogen and oxygen atoms in total. The number of halogens is 4. The van der Waals surface area contributed by atoms with Gasteiger partial charge in [0.1, 0.15) is 11.5 Å². The minimum absolute atomic E-state index is 0.00815. The second-order valence-corrected chi connectivity index (χ2v) is 6.84. The summed E-state index contributed by atoms with van der Waals surface area (Å²) in [5.74, 6) is 0.412. The Morgan fingerprint density at radius 1 is 0.931 bits per heavy atom. The van der Waals surface area contributed by atoms with E-state index in [1.165, 1.54) is 18.2 Å². The molecule has 1 aromatic carbocycles. The monoisotopic (exact) mass is 414 g/mol. The second kappa shape index (κ2) is 7.25. The number of nitrogens with two attached hydrogens (primary N) is 1. The lowest BCUT2D eigenvalue weighted by atomic mass is 10.0. The fourth-order valence-electron chi connectivity index (χ4n) is 3.00. The van der Waals surface area contributed by atoms with Gasteiger partial charge < -0.3 is 10.7 Å². The molecule has 3 N–H and O–H groups in total. The number of nitrogen functional groups attached to an aromatic ring is 1. The third kappa shape index (κ3) is 3.95. The maximum absolute atomic E-state index is 13.3. The summed E-state index contributed by atoms with van der Waals surface area (Å²) in [5.41, 5.74) is 7.84.